The van der Waals surface area contributed by atoms with Gasteiger partial charge in [0.15, 0.2) is 17.1 Å². The van der Waals surface area contributed by atoms with Crippen molar-refractivity contribution < 1.29 is 4.39 Å². The lowest BCUT2D eigenvalue weighted by Crippen LogP contribution is -2.35. The highest BCUT2D eigenvalue weighted by Gasteiger charge is 2.22. The van der Waals surface area contributed by atoms with Crippen LogP contribution in [0.3, 0.4) is 0 Å². The predicted molar refractivity (Wildman–Crippen MR) is 85.6 cm³/mol. The van der Waals surface area contributed by atoms with Crippen LogP contribution in [-0.2, 0) is 7.05 Å². The highest BCUT2D eigenvalue weighted by molar-refractivity contribution is 5.77. The second-order valence-corrected chi connectivity index (χ2v) is 5.96. The van der Waals surface area contributed by atoms with Crippen molar-refractivity contribution in [2.24, 2.45) is 18.7 Å². The first-order chi connectivity index (χ1) is 10.6. The van der Waals surface area contributed by atoms with Gasteiger partial charge in [0.2, 0.25) is 0 Å². The molecule has 1 saturated heterocycles. The highest BCUT2D eigenvalue weighted by atomic mass is 19.1. The number of nitrogens with two attached hydrogens (primary N) is 1. The first-order valence-electron chi connectivity index (χ1n) is 7.71. The van der Waals surface area contributed by atoms with E-state index in [-0.39, 0.29) is 5.43 Å². The summed E-state index contributed by atoms with van der Waals surface area (Å²) in [6.45, 7) is 2.26. The van der Waals surface area contributed by atoms with E-state index >= 15 is 0 Å². The Morgan fingerprint density at radius 3 is 2.82 bits per heavy atom. The van der Waals surface area contributed by atoms with Crippen molar-refractivity contribution in [3.8, 4) is 0 Å². The van der Waals surface area contributed by atoms with Crippen LogP contribution in [0.15, 0.2) is 23.1 Å². The van der Waals surface area contributed by atoms with Gasteiger partial charge in [-0.1, -0.05) is 0 Å². The lowest BCUT2D eigenvalue weighted by atomic mass is 9.93. The fraction of sp³-hybridized carbons (Fsp3) is 0.500. The molecule has 0 aliphatic carbocycles. The first kappa shape index (κ1) is 15.0. The summed E-state index contributed by atoms with van der Waals surface area (Å²) >= 11 is 0. The van der Waals surface area contributed by atoms with Gasteiger partial charge < -0.3 is 15.2 Å². The fourth-order valence-electron chi connectivity index (χ4n) is 3.15. The van der Waals surface area contributed by atoms with Crippen LogP contribution in [0.4, 0.5) is 10.2 Å². The number of fused-ring (bicyclic) bond motifs is 1. The maximum absolute atomic E-state index is 14.4. The van der Waals surface area contributed by atoms with Gasteiger partial charge in [-0.25, -0.2) is 9.37 Å². The number of pyridine rings is 2. The van der Waals surface area contributed by atoms with Gasteiger partial charge in [0, 0.05) is 32.4 Å². The molecule has 0 amide bonds. The van der Waals surface area contributed by atoms with Crippen molar-refractivity contribution in [3.63, 3.8) is 0 Å². The Morgan fingerprint density at radius 2 is 2.14 bits per heavy atom. The van der Waals surface area contributed by atoms with E-state index in [1.165, 1.54) is 12.1 Å². The molecule has 0 atom stereocenters. The summed E-state index contributed by atoms with van der Waals surface area (Å²) in [5.41, 5.74) is 5.92. The summed E-state index contributed by atoms with van der Waals surface area (Å²) in [4.78, 5) is 18.2. The number of aryl methyl sites for hydroxylation is 1. The van der Waals surface area contributed by atoms with Crippen molar-refractivity contribution in [1.82, 2.24) is 9.55 Å². The fourth-order valence-corrected chi connectivity index (χ4v) is 3.15. The standard InChI is InChI=1S/C16H21FN4O/c1-20-7-5-14(22)12-10-13(17)16(19-15(12)20)21-8-3-11(2-6-18)4-9-21/h5,7,10-11H,2-4,6,8-9,18H2,1H3. The second-order valence-electron chi connectivity index (χ2n) is 5.96. The van der Waals surface area contributed by atoms with Crippen LogP contribution in [0, 0.1) is 11.7 Å². The molecule has 118 valence electrons. The molecule has 1 aliphatic heterocycles. The Bertz CT molecular complexity index is 735. The zero-order valence-electron chi connectivity index (χ0n) is 12.8. The molecule has 22 heavy (non-hydrogen) atoms. The van der Waals surface area contributed by atoms with Gasteiger partial charge in [0.25, 0.3) is 0 Å². The van der Waals surface area contributed by atoms with Crippen LogP contribution >= 0.6 is 0 Å². The van der Waals surface area contributed by atoms with Gasteiger partial charge in [-0.05, 0) is 37.8 Å². The van der Waals surface area contributed by atoms with Crippen LogP contribution in [0.1, 0.15) is 19.3 Å². The van der Waals surface area contributed by atoms with Gasteiger partial charge >= 0.3 is 0 Å². The summed E-state index contributed by atoms with van der Waals surface area (Å²) in [6, 6.07) is 2.74. The van der Waals surface area contributed by atoms with Crippen LogP contribution in [-0.4, -0.2) is 29.2 Å². The van der Waals surface area contributed by atoms with E-state index in [0.717, 1.165) is 32.4 Å². The van der Waals surface area contributed by atoms with Crippen molar-refractivity contribution in [1.29, 1.82) is 0 Å². The second kappa shape index (κ2) is 6.04. The smallest absolute Gasteiger partial charge is 0.191 e. The summed E-state index contributed by atoms with van der Waals surface area (Å²) in [6.07, 6.45) is 4.69. The summed E-state index contributed by atoms with van der Waals surface area (Å²) in [5.74, 6) is 0.544. The van der Waals surface area contributed by atoms with E-state index in [4.69, 9.17) is 5.73 Å². The van der Waals surface area contributed by atoms with Gasteiger partial charge in [0.1, 0.15) is 5.65 Å². The molecule has 2 aromatic heterocycles. The minimum atomic E-state index is -0.423. The van der Waals surface area contributed by atoms with Crippen LogP contribution < -0.4 is 16.1 Å². The van der Waals surface area contributed by atoms with E-state index in [2.05, 4.69) is 4.98 Å². The lowest BCUT2D eigenvalue weighted by molar-refractivity contribution is 0.383. The molecule has 2 N–H and O–H groups in total. The number of halogens is 1. The Labute approximate surface area is 128 Å². The van der Waals surface area contributed by atoms with Crippen LogP contribution in [0.5, 0.6) is 0 Å². The largest absolute Gasteiger partial charge is 0.354 e. The summed E-state index contributed by atoms with van der Waals surface area (Å²) < 4.78 is 16.1. The Morgan fingerprint density at radius 1 is 1.41 bits per heavy atom. The van der Waals surface area contributed by atoms with E-state index in [9.17, 15) is 9.18 Å². The number of nitrogens with zero attached hydrogens (tertiary/aromatic N) is 3. The zero-order valence-corrected chi connectivity index (χ0v) is 12.8. The molecule has 0 spiro atoms. The molecule has 6 heteroatoms. The van der Waals surface area contributed by atoms with Gasteiger partial charge in [-0.2, -0.15) is 0 Å². The summed E-state index contributed by atoms with van der Waals surface area (Å²) in [7, 11) is 1.81. The number of piperidine rings is 1. The minimum Gasteiger partial charge on any atom is -0.354 e. The van der Waals surface area contributed by atoms with Crippen molar-refractivity contribution in [2.45, 2.75) is 19.3 Å². The van der Waals surface area contributed by atoms with E-state index in [0.29, 0.717) is 29.3 Å². The number of aromatic nitrogens is 2. The zero-order chi connectivity index (χ0) is 15.7. The Hall–Kier alpha value is -1.95. The maximum Gasteiger partial charge on any atom is 0.191 e. The van der Waals surface area contributed by atoms with Crippen molar-refractivity contribution in [2.75, 3.05) is 24.5 Å². The van der Waals surface area contributed by atoms with Crippen LogP contribution in [0.25, 0.3) is 11.0 Å². The Balaban J connectivity index is 1.93. The molecule has 0 bridgehead atoms. The van der Waals surface area contributed by atoms with Crippen molar-refractivity contribution in [3.05, 3.63) is 34.4 Å². The monoisotopic (exact) mass is 304 g/mol. The number of hydrogen-bond acceptors (Lipinski definition) is 4. The third kappa shape index (κ3) is 2.70. The molecule has 3 heterocycles. The molecule has 1 fully saturated rings. The molecule has 0 saturated carbocycles. The normalized spacial score (nSPS) is 16.4. The van der Waals surface area contributed by atoms with Gasteiger partial charge in [-0.3, -0.25) is 4.79 Å². The third-order valence-corrected chi connectivity index (χ3v) is 4.48. The molecular formula is C16H21FN4O. The molecule has 1 aliphatic rings. The lowest BCUT2D eigenvalue weighted by Gasteiger charge is -2.33. The molecule has 0 radical (unpaired) electrons. The molecule has 2 aromatic rings. The number of hydrogen-bond donors (Lipinski definition) is 1. The molecule has 5 nitrogen and oxygen atoms in total. The SMILES string of the molecule is Cn1ccc(=O)c2cc(F)c(N3CCC(CCN)CC3)nc21. The third-order valence-electron chi connectivity index (χ3n) is 4.48. The average molecular weight is 304 g/mol. The molecular weight excluding hydrogens is 283 g/mol. The molecule has 0 unspecified atom stereocenters. The van der Waals surface area contributed by atoms with Crippen LogP contribution in [0.2, 0.25) is 0 Å². The minimum absolute atomic E-state index is 0.201. The predicted octanol–water partition coefficient (Wildman–Crippen LogP) is 1.64. The average Bonchev–Trinajstić information content (AvgIpc) is 2.52. The maximum atomic E-state index is 14.4. The summed E-state index contributed by atoms with van der Waals surface area (Å²) in [5, 5.41) is 0.323. The topological polar surface area (TPSA) is 64.2 Å². The Kier molecular flexibility index (Phi) is 4.11. The van der Waals surface area contributed by atoms with Gasteiger partial charge in [-0.15, -0.1) is 0 Å². The van der Waals surface area contributed by atoms with E-state index in [1.54, 1.807) is 10.8 Å². The quantitative estimate of drug-likeness (QED) is 0.936. The van der Waals surface area contributed by atoms with Gasteiger partial charge in [0.05, 0.1) is 5.39 Å². The number of anilines is 1. The highest BCUT2D eigenvalue weighted by Crippen LogP contribution is 2.26. The molecule has 0 aromatic carbocycles. The molecule has 3 rings (SSSR count). The number of rotatable bonds is 3. The van der Waals surface area contributed by atoms with Crippen molar-refractivity contribution >= 4 is 16.9 Å². The first-order valence-corrected chi connectivity index (χ1v) is 7.71. The van der Waals surface area contributed by atoms with E-state index in [1.807, 2.05) is 11.9 Å². The van der Waals surface area contributed by atoms with E-state index < -0.39 is 5.82 Å².